The molecule has 1 atom stereocenters. The summed E-state index contributed by atoms with van der Waals surface area (Å²) in [5.74, 6) is 0.590. The van der Waals surface area contributed by atoms with Crippen molar-refractivity contribution in [3.8, 4) is 5.75 Å². The van der Waals surface area contributed by atoms with E-state index in [2.05, 4.69) is 15.1 Å². The van der Waals surface area contributed by atoms with Crippen LogP contribution in [0, 0.1) is 13.8 Å². The standard InChI is InChI=1S/C23H30ClN3O3/c1-17-6-5-7-18(2)23(17)25-22(29)15-27-12-10-26(11-13-27)14-19(28)16-30-21-9-4-3-8-20(21)24/h3-9,19,28H,10-16H2,1-2H3,(H,25,29). The van der Waals surface area contributed by atoms with Crippen LogP contribution in [0.4, 0.5) is 5.69 Å². The lowest BCUT2D eigenvalue weighted by Crippen LogP contribution is -2.50. The first kappa shape index (κ1) is 22.6. The molecule has 30 heavy (non-hydrogen) atoms. The molecule has 0 radical (unpaired) electrons. The maximum atomic E-state index is 12.5. The predicted molar refractivity (Wildman–Crippen MR) is 120 cm³/mol. The summed E-state index contributed by atoms with van der Waals surface area (Å²) >= 11 is 6.07. The molecule has 1 heterocycles. The Hall–Kier alpha value is -2.12. The molecule has 2 N–H and O–H groups in total. The third-order valence-electron chi connectivity index (χ3n) is 5.31. The molecule has 0 aliphatic carbocycles. The van der Waals surface area contributed by atoms with Gasteiger partial charge in [-0.3, -0.25) is 14.6 Å². The lowest BCUT2D eigenvalue weighted by molar-refractivity contribution is -0.117. The number of anilines is 1. The number of aryl methyl sites for hydroxylation is 2. The second kappa shape index (κ2) is 10.8. The average Bonchev–Trinajstić information content (AvgIpc) is 2.72. The molecule has 1 fully saturated rings. The van der Waals surface area contributed by atoms with Gasteiger partial charge in [0.05, 0.1) is 11.6 Å². The van der Waals surface area contributed by atoms with Gasteiger partial charge in [-0.15, -0.1) is 0 Å². The molecule has 2 aromatic carbocycles. The van der Waals surface area contributed by atoms with Gasteiger partial charge in [-0.05, 0) is 37.1 Å². The van der Waals surface area contributed by atoms with E-state index >= 15 is 0 Å². The van der Waals surface area contributed by atoms with Gasteiger partial charge in [-0.2, -0.15) is 0 Å². The van der Waals surface area contributed by atoms with Crippen molar-refractivity contribution in [2.45, 2.75) is 20.0 Å². The predicted octanol–water partition coefficient (Wildman–Crippen LogP) is 2.95. The first-order valence-corrected chi connectivity index (χ1v) is 10.7. The Morgan fingerprint density at radius 1 is 1.07 bits per heavy atom. The van der Waals surface area contributed by atoms with Crippen molar-refractivity contribution in [3.63, 3.8) is 0 Å². The van der Waals surface area contributed by atoms with Crippen molar-refractivity contribution in [1.82, 2.24) is 9.80 Å². The molecule has 0 aromatic heterocycles. The van der Waals surface area contributed by atoms with Crippen LogP contribution in [0.3, 0.4) is 0 Å². The van der Waals surface area contributed by atoms with Crippen molar-refractivity contribution in [2.24, 2.45) is 0 Å². The van der Waals surface area contributed by atoms with Gasteiger partial charge in [0.2, 0.25) is 5.91 Å². The van der Waals surface area contributed by atoms with Gasteiger partial charge < -0.3 is 15.2 Å². The Morgan fingerprint density at radius 2 is 1.70 bits per heavy atom. The number of benzene rings is 2. The van der Waals surface area contributed by atoms with Crippen molar-refractivity contribution in [2.75, 3.05) is 51.2 Å². The van der Waals surface area contributed by atoms with E-state index in [9.17, 15) is 9.90 Å². The summed E-state index contributed by atoms with van der Waals surface area (Å²) in [5.41, 5.74) is 3.05. The lowest BCUT2D eigenvalue weighted by atomic mass is 10.1. The number of hydrogen-bond donors (Lipinski definition) is 2. The van der Waals surface area contributed by atoms with Gasteiger partial charge in [0.15, 0.2) is 0 Å². The normalized spacial score (nSPS) is 16.3. The van der Waals surface area contributed by atoms with Gasteiger partial charge in [0, 0.05) is 38.4 Å². The zero-order chi connectivity index (χ0) is 21.5. The minimum Gasteiger partial charge on any atom is -0.489 e. The van der Waals surface area contributed by atoms with Crippen molar-refractivity contribution in [3.05, 3.63) is 58.6 Å². The second-order valence-electron chi connectivity index (χ2n) is 7.79. The maximum Gasteiger partial charge on any atom is 0.238 e. The highest BCUT2D eigenvalue weighted by Gasteiger charge is 2.21. The largest absolute Gasteiger partial charge is 0.489 e. The minimum absolute atomic E-state index is 0.00836. The summed E-state index contributed by atoms with van der Waals surface area (Å²) in [6, 6.07) is 13.2. The number of ether oxygens (including phenoxy) is 1. The number of β-amino-alcohol motifs (C(OH)–C–C–N with tert-alkyl or cyclic N) is 1. The molecular formula is C23H30ClN3O3. The molecule has 0 spiro atoms. The number of para-hydroxylation sites is 2. The number of amides is 1. The highest BCUT2D eigenvalue weighted by Crippen LogP contribution is 2.23. The van der Waals surface area contributed by atoms with E-state index in [0.717, 1.165) is 43.0 Å². The van der Waals surface area contributed by atoms with E-state index in [4.69, 9.17) is 16.3 Å². The third kappa shape index (κ3) is 6.44. The molecule has 1 aliphatic heterocycles. The fourth-order valence-electron chi connectivity index (χ4n) is 3.62. The number of hydrogen-bond acceptors (Lipinski definition) is 5. The maximum absolute atomic E-state index is 12.5. The fraction of sp³-hybridized carbons (Fsp3) is 0.435. The average molecular weight is 432 g/mol. The summed E-state index contributed by atoms with van der Waals surface area (Å²) in [6.07, 6.45) is -0.597. The first-order chi connectivity index (χ1) is 14.4. The number of aliphatic hydroxyl groups excluding tert-OH is 1. The third-order valence-corrected chi connectivity index (χ3v) is 5.63. The quantitative estimate of drug-likeness (QED) is 0.672. The molecule has 2 aromatic rings. The minimum atomic E-state index is -0.597. The van der Waals surface area contributed by atoms with Crippen molar-refractivity contribution < 1.29 is 14.6 Å². The molecule has 1 aliphatic rings. The van der Waals surface area contributed by atoms with E-state index in [1.165, 1.54) is 0 Å². The molecule has 0 bridgehead atoms. The molecule has 1 unspecified atom stereocenters. The Bertz CT molecular complexity index is 833. The molecular weight excluding hydrogens is 402 g/mol. The number of carbonyl (C=O) groups excluding carboxylic acids is 1. The van der Waals surface area contributed by atoms with Gasteiger partial charge in [0.25, 0.3) is 0 Å². The summed E-state index contributed by atoms with van der Waals surface area (Å²) in [4.78, 5) is 16.8. The van der Waals surface area contributed by atoms with E-state index in [1.54, 1.807) is 12.1 Å². The van der Waals surface area contributed by atoms with Crippen molar-refractivity contribution in [1.29, 1.82) is 0 Å². The fourth-order valence-corrected chi connectivity index (χ4v) is 3.81. The molecule has 3 rings (SSSR count). The SMILES string of the molecule is Cc1cccc(C)c1NC(=O)CN1CCN(CC(O)COc2ccccc2Cl)CC1. The van der Waals surface area contributed by atoms with Crippen LogP contribution in [0.2, 0.25) is 5.02 Å². The van der Waals surface area contributed by atoms with Gasteiger partial charge in [-0.25, -0.2) is 0 Å². The number of rotatable bonds is 8. The smallest absolute Gasteiger partial charge is 0.238 e. The molecule has 0 saturated carbocycles. The zero-order valence-corrected chi connectivity index (χ0v) is 18.4. The van der Waals surface area contributed by atoms with Crippen LogP contribution < -0.4 is 10.1 Å². The van der Waals surface area contributed by atoms with Gasteiger partial charge in [-0.1, -0.05) is 41.9 Å². The van der Waals surface area contributed by atoms with E-state index < -0.39 is 6.10 Å². The Labute approximate surface area is 183 Å². The van der Waals surface area contributed by atoms with Crippen LogP contribution >= 0.6 is 11.6 Å². The molecule has 7 heteroatoms. The monoisotopic (exact) mass is 431 g/mol. The number of piperazine rings is 1. The Morgan fingerprint density at radius 3 is 2.37 bits per heavy atom. The van der Waals surface area contributed by atoms with Crippen LogP contribution in [0.5, 0.6) is 5.75 Å². The zero-order valence-electron chi connectivity index (χ0n) is 17.6. The van der Waals surface area contributed by atoms with Crippen LogP contribution in [0.1, 0.15) is 11.1 Å². The first-order valence-electron chi connectivity index (χ1n) is 10.3. The summed E-state index contributed by atoms with van der Waals surface area (Å²) < 4.78 is 5.62. The highest BCUT2D eigenvalue weighted by atomic mass is 35.5. The molecule has 162 valence electrons. The number of halogens is 1. The summed E-state index contributed by atoms with van der Waals surface area (Å²) in [7, 11) is 0. The highest BCUT2D eigenvalue weighted by molar-refractivity contribution is 6.32. The van der Waals surface area contributed by atoms with Crippen LogP contribution in [-0.4, -0.2) is 72.8 Å². The Balaban J connectivity index is 1.38. The molecule has 1 saturated heterocycles. The second-order valence-corrected chi connectivity index (χ2v) is 8.19. The Kier molecular flexibility index (Phi) is 8.10. The van der Waals surface area contributed by atoms with Crippen LogP contribution in [0.25, 0.3) is 0 Å². The number of carbonyl (C=O) groups is 1. The number of nitrogens with zero attached hydrogens (tertiary/aromatic N) is 2. The lowest BCUT2D eigenvalue weighted by Gasteiger charge is -2.35. The summed E-state index contributed by atoms with van der Waals surface area (Å²) in [6.45, 7) is 8.30. The van der Waals surface area contributed by atoms with E-state index in [1.807, 2.05) is 44.2 Å². The van der Waals surface area contributed by atoms with Gasteiger partial charge >= 0.3 is 0 Å². The topological polar surface area (TPSA) is 65.0 Å². The van der Waals surface area contributed by atoms with Crippen LogP contribution in [-0.2, 0) is 4.79 Å². The van der Waals surface area contributed by atoms with E-state index in [-0.39, 0.29) is 12.5 Å². The number of nitrogens with one attached hydrogen (secondary N) is 1. The van der Waals surface area contributed by atoms with Gasteiger partial charge in [0.1, 0.15) is 18.5 Å². The molecule has 6 nitrogen and oxygen atoms in total. The van der Waals surface area contributed by atoms with Crippen LogP contribution in [0.15, 0.2) is 42.5 Å². The van der Waals surface area contributed by atoms with Crippen molar-refractivity contribution >= 4 is 23.2 Å². The molecule has 1 amide bonds. The summed E-state index contributed by atoms with van der Waals surface area (Å²) in [5, 5.41) is 13.9. The van der Waals surface area contributed by atoms with E-state index in [0.29, 0.717) is 23.9 Å². The number of aliphatic hydroxyl groups is 1.